The van der Waals surface area contributed by atoms with Crippen LogP contribution >= 0.6 is 0 Å². The molecular formula is C43H42F3N11O8. The number of fused-ring (bicyclic) bond motifs is 1. The minimum absolute atomic E-state index is 0.0419. The van der Waals surface area contributed by atoms with Crippen molar-refractivity contribution in [2.45, 2.75) is 57.2 Å². The Kier molecular flexibility index (Phi) is 13.8. The van der Waals surface area contributed by atoms with Crippen molar-refractivity contribution in [1.82, 2.24) is 40.6 Å². The molecule has 3 aromatic heterocycles. The number of nitrogens with one attached hydrogen (secondary N) is 5. The number of amides is 7. The molecule has 338 valence electrons. The van der Waals surface area contributed by atoms with Crippen LogP contribution in [-0.4, -0.2) is 104 Å². The molecular weight excluding hydrogens is 856 g/mol. The van der Waals surface area contributed by atoms with E-state index < -0.39 is 54.2 Å². The number of carbonyl (C=O) groups is 7. The zero-order chi connectivity index (χ0) is 46.3. The van der Waals surface area contributed by atoms with Crippen LogP contribution in [0.4, 0.5) is 24.7 Å². The quantitative estimate of drug-likeness (QED) is 0.0510. The fraction of sp³-hybridized carbons (Fsp3) is 0.302. The molecule has 0 spiro atoms. The maximum absolute atomic E-state index is 13.3. The van der Waals surface area contributed by atoms with Crippen molar-refractivity contribution >= 4 is 52.9 Å². The van der Waals surface area contributed by atoms with Gasteiger partial charge in [-0.1, -0.05) is 18.6 Å². The van der Waals surface area contributed by atoms with Gasteiger partial charge in [0.05, 0.1) is 28.7 Å². The van der Waals surface area contributed by atoms with Gasteiger partial charge in [-0.3, -0.25) is 43.8 Å². The number of hydrogen-bond donors (Lipinski definition) is 6. The molecule has 0 aliphatic carbocycles. The van der Waals surface area contributed by atoms with Crippen molar-refractivity contribution in [3.05, 3.63) is 107 Å². The molecule has 1 fully saturated rings. The van der Waals surface area contributed by atoms with Crippen molar-refractivity contribution in [2.75, 3.05) is 36.8 Å². The minimum atomic E-state index is -4.46. The number of oxazole rings is 1. The SMILES string of the molecule is NC(=O)c1nn(-c2ccc(C(=O)NCCCCCNCCCc3cccc4c3C(=O)N(C3CCC(=O)NC3=O)C4=O)cc2)cc1NC(=O)c1coc(-c2ccnc(NCC(F)(F)F)c2)n1. The number of carbonyl (C=O) groups excluding carboxylic acids is 7. The lowest BCUT2D eigenvalue weighted by Gasteiger charge is -2.27. The zero-order valence-corrected chi connectivity index (χ0v) is 34.5. The number of hydrogen-bond acceptors (Lipinski definition) is 13. The van der Waals surface area contributed by atoms with E-state index in [1.807, 2.05) is 0 Å². The Balaban J connectivity index is 0.819. The topological polar surface area (TPSA) is 266 Å². The van der Waals surface area contributed by atoms with Crippen LogP contribution in [0.5, 0.6) is 0 Å². The molecule has 0 saturated carbocycles. The van der Waals surface area contributed by atoms with Crippen LogP contribution in [0.2, 0.25) is 0 Å². The standard InChI is InChI=1S/C43H42F3N11O8/c44-43(45,46)23-51-32-20-26(15-19-49-32)40-53-30(22-65-40)38(61)52-29-21-56(55-35(29)36(47)59)27-11-9-25(10-12-27)37(60)50-18-3-1-2-16-48-17-5-7-24-6-4-8-28-34(24)42(64)57(41(28)63)31-13-14-33(58)54-39(31)62/h4,6,8-12,15,19-22,31,48H,1-3,5,7,13-14,16-18,23H2,(H2,47,59)(H,49,51)(H,50,60)(H,52,61)(H,54,58,62). The van der Waals surface area contributed by atoms with Gasteiger partial charge in [-0.05, 0) is 93.2 Å². The molecule has 1 atom stereocenters. The van der Waals surface area contributed by atoms with Gasteiger partial charge in [-0.15, -0.1) is 0 Å². The lowest BCUT2D eigenvalue weighted by molar-refractivity contribution is -0.136. The van der Waals surface area contributed by atoms with E-state index in [0.717, 1.165) is 42.5 Å². The number of piperidine rings is 1. The summed E-state index contributed by atoms with van der Waals surface area (Å²) >= 11 is 0. The summed E-state index contributed by atoms with van der Waals surface area (Å²) in [4.78, 5) is 97.4. The van der Waals surface area contributed by atoms with Gasteiger partial charge < -0.3 is 31.4 Å². The predicted molar refractivity (Wildman–Crippen MR) is 225 cm³/mol. The van der Waals surface area contributed by atoms with Gasteiger partial charge in [-0.2, -0.15) is 18.3 Å². The number of benzene rings is 2. The maximum atomic E-state index is 13.3. The molecule has 5 heterocycles. The van der Waals surface area contributed by atoms with E-state index in [9.17, 15) is 46.7 Å². The summed E-state index contributed by atoms with van der Waals surface area (Å²) in [6, 6.07) is 13.1. The van der Waals surface area contributed by atoms with Gasteiger partial charge in [-0.25, -0.2) is 14.6 Å². The van der Waals surface area contributed by atoms with Crippen molar-refractivity contribution in [3.8, 4) is 17.1 Å². The van der Waals surface area contributed by atoms with Crippen molar-refractivity contribution in [3.63, 3.8) is 0 Å². The average Bonchev–Trinajstić information content (AvgIpc) is 4.01. The summed E-state index contributed by atoms with van der Waals surface area (Å²) in [5.41, 5.74) is 7.39. The second-order valence-electron chi connectivity index (χ2n) is 15.1. The second kappa shape index (κ2) is 19.7. The molecule has 7 amide bonds. The Morgan fingerprint density at radius 2 is 1.69 bits per heavy atom. The maximum Gasteiger partial charge on any atom is 0.405 e. The number of pyridine rings is 1. The van der Waals surface area contributed by atoms with Gasteiger partial charge in [0, 0.05) is 30.3 Å². The molecule has 0 bridgehead atoms. The van der Waals surface area contributed by atoms with Crippen molar-refractivity contribution < 1.29 is 51.2 Å². The molecule has 2 aromatic carbocycles. The number of rotatable bonds is 19. The molecule has 1 unspecified atom stereocenters. The van der Waals surface area contributed by atoms with Crippen LogP contribution < -0.4 is 32.3 Å². The highest BCUT2D eigenvalue weighted by Gasteiger charge is 2.45. The van der Waals surface area contributed by atoms with Crippen LogP contribution in [0.1, 0.15) is 96.1 Å². The number of nitrogens with two attached hydrogens (primary N) is 1. The molecule has 22 heteroatoms. The summed E-state index contributed by atoms with van der Waals surface area (Å²) in [5, 5.41) is 17.3. The Hall–Kier alpha value is -7.75. The smallest absolute Gasteiger partial charge is 0.405 e. The molecule has 5 aromatic rings. The van der Waals surface area contributed by atoms with Gasteiger partial charge in [0.1, 0.15) is 24.7 Å². The van der Waals surface area contributed by atoms with Crippen molar-refractivity contribution in [2.24, 2.45) is 5.73 Å². The normalized spacial score (nSPS) is 14.9. The number of unbranched alkanes of at least 4 members (excludes halogenated alkanes) is 2. The Morgan fingerprint density at radius 3 is 2.45 bits per heavy atom. The minimum Gasteiger partial charge on any atom is -0.444 e. The van der Waals surface area contributed by atoms with Crippen molar-refractivity contribution in [1.29, 1.82) is 0 Å². The molecule has 19 nitrogen and oxygen atoms in total. The van der Waals surface area contributed by atoms with E-state index in [1.165, 1.54) is 29.2 Å². The third kappa shape index (κ3) is 10.9. The molecule has 2 aliphatic heterocycles. The first-order chi connectivity index (χ1) is 31.2. The first kappa shape index (κ1) is 45.3. The number of anilines is 2. The summed E-state index contributed by atoms with van der Waals surface area (Å²) < 4.78 is 44.5. The Morgan fingerprint density at radius 1 is 0.923 bits per heavy atom. The average molecular weight is 898 g/mol. The van der Waals surface area contributed by atoms with E-state index in [1.54, 1.807) is 42.5 Å². The predicted octanol–water partition coefficient (Wildman–Crippen LogP) is 3.77. The van der Waals surface area contributed by atoms with E-state index in [2.05, 4.69) is 41.7 Å². The van der Waals surface area contributed by atoms with E-state index >= 15 is 0 Å². The van der Waals surface area contributed by atoms with E-state index in [-0.39, 0.29) is 58.7 Å². The highest BCUT2D eigenvalue weighted by molar-refractivity contribution is 6.24. The third-order valence-electron chi connectivity index (χ3n) is 10.5. The van der Waals surface area contributed by atoms with Crippen LogP contribution in [0.25, 0.3) is 17.1 Å². The number of halogens is 3. The molecule has 1 saturated heterocycles. The number of primary amides is 1. The van der Waals surface area contributed by atoms with E-state index in [4.69, 9.17) is 10.2 Å². The van der Waals surface area contributed by atoms with Crippen LogP contribution in [-0.2, 0) is 16.0 Å². The Bertz CT molecular complexity index is 2640. The zero-order valence-electron chi connectivity index (χ0n) is 34.5. The van der Waals surface area contributed by atoms with Crippen LogP contribution in [0, 0.1) is 0 Å². The number of aryl methyl sites for hydroxylation is 1. The summed E-state index contributed by atoms with van der Waals surface area (Å²) in [6.07, 6.45) is 3.03. The third-order valence-corrected chi connectivity index (χ3v) is 10.5. The fourth-order valence-corrected chi connectivity index (χ4v) is 7.27. The molecule has 0 radical (unpaired) electrons. The molecule has 7 N–H and O–H groups in total. The Labute approximate surface area is 367 Å². The fourth-order valence-electron chi connectivity index (χ4n) is 7.27. The van der Waals surface area contributed by atoms with Crippen LogP contribution in [0.15, 0.2) is 77.7 Å². The second-order valence-corrected chi connectivity index (χ2v) is 15.1. The highest BCUT2D eigenvalue weighted by Crippen LogP contribution is 2.31. The summed E-state index contributed by atoms with van der Waals surface area (Å²) in [7, 11) is 0. The lowest BCUT2D eigenvalue weighted by atomic mass is 9.99. The summed E-state index contributed by atoms with van der Waals surface area (Å²) in [5.74, 6) is -4.29. The first-order valence-electron chi connectivity index (χ1n) is 20.5. The van der Waals surface area contributed by atoms with E-state index in [0.29, 0.717) is 42.7 Å². The molecule has 7 rings (SSSR count). The van der Waals surface area contributed by atoms with Gasteiger partial charge in [0.15, 0.2) is 11.4 Å². The highest BCUT2D eigenvalue weighted by atomic mass is 19.4. The van der Waals surface area contributed by atoms with Gasteiger partial charge in [0.25, 0.3) is 29.5 Å². The number of alkyl halides is 3. The van der Waals surface area contributed by atoms with Gasteiger partial charge in [0.2, 0.25) is 17.7 Å². The lowest BCUT2D eigenvalue weighted by Crippen LogP contribution is -2.54. The number of nitrogens with zero attached hydrogens (tertiary/aromatic N) is 5. The van der Waals surface area contributed by atoms with Gasteiger partial charge >= 0.3 is 6.18 Å². The monoisotopic (exact) mass is 897 g/mol. The number of aromatic nitrogens is 4. The molecule has 2 aliphatic rings. The molecule has 65 heavy (non-hydrogen) atoms. The largest absolute Gasteiger partial charge is 0.444 e. The summed E-state index contributed by atoms with van der Waals surface area (Å²) in [6.45, 7) is 0.557. The van der Waals surface area contributed by atoms with Crippen LogP contribution in [0.3, 0.4) is 0 Å². The number of imide groups is 2. The first-order valence-corrected chi connectivity index (χ1v) is 20.5.